The third kappa shape index (κ3) is 4.03. The van der Waals surface area contributed by atoms with Gasteiger partial charge in [0.25, 0.3) is 0 Å². The second-order valence-corrected chi connectivity index (χ2v) is 5.28. The fraction of sp³-hybridized carbons (Fsp3) is 0.909. The van der Waals surface area contributed by atoms with E-state index in [1.165, 1.54) is 18.6 Å². The maximum atomic E-state index is 11.7. The smallest absolute Gasteiger partial charge is 0.227 e. The summed E-state index contributed by atoms with van der Waals surface area (Å²) in [6, 6.07) is 0. The van der Waals surface area contributed by atoms with E-state index >= 15 is 0 Å². The SMILES string of the molecule is CSCCCCCNC(=O)C1(CN)CC1. The number of nitrogens with one attached hydrogen (secondary N) is 1. The van der Waals surface area contributed by atoms with Gasteiger partial charge in [-0.3, -0.25) is 4.79 Å². The molecule has 1 aliphatic rings. The van der Waals surface area contributed by atoms with Crippen LogP contribution in [0.3, 0.4) is 0 Å². The topological polar surface area (TPSA) is 55.1 Å². The minimum atomic E-state index is -0.181. The molecule has 0 atom stereocenters. The number of hydrogen-bond donors (Lipinski definition) is 2. The summed E-state index contributed by atoms with van der Waals surface area (Å²) in [4.78, 5) is 11.7. The molecule has 15 heavy (non-hydrogen) atoms. The van der Waals surface area contributed by atoms with Crippen LogP contribution in [0.25, 0.3) is 0 Å². The Balaban J connectivity index is 1.98. The lowest BCUT2D eigenvalue weighted by Gasteiger charge is -2.12. The van der Waals surface area contributed by atoms with Crippen molar-refractivity contribution in [2.75, 3.05) is 25.1 Å². The molecule has 3 nitrogen and oxygen atoms in total. The number of rotatable bonds is 8. The summed E-state index contributed by atoms with van der Waals surface area (Å²) in [5.41, 5.74) is 5.39. The summed E-state index contributed by atoms with van der Waals surface area (Å²) in [6.45, 7) is 1.32. The van der Waals surface area contributed by atoms with E-state index in [1.54, 1.807) is 0 Å². The van der Waals surface area contributed by atoms with E-state index in [0.717, 1.165) is 25.8 Å². The molecule has 0 aromatic heterocycles. The van der Waals surface area contributed by atoms with Gasteiger partial charge in [0.2, 0.25) is 5.91 Å². The van der Waals surface area contributed by atoms with Gasteiger partial charge in [0.15, 0.2) is 0 Å². The van der Waals surface area contributed by atoms with Crippen molar-refractivity contribution in [3.05, 3.63) is 0 Å². The molecule has 0 unspecified atom stereocenters. The maximum absolute atomic E-state index is 11.7. The van der Waals surface area contributed by atoms with Crippen LogP contribution in [0.4, 0.5) is 0 Å². The number of nitrogens with two attached hydrogens (primary N) is 1. The standard InChI is InChI=1S/C11H22N2OS/c1-15-8-4-2-3-7-13-10(14)11(9-12)5-6-11/h2-9,12H2,1H3,(H,13,14). The van der Waals surface area contributed by atoms with Crippen LogP contribution >= 0.6 is 11.8 Å². The zero-order chi connectivity index (χ0) is 11.1. The average Bonchev–Trinajstić information content (AvgIpc) is 3.03. The minimum absolute atomic E-state index is 0.176. The quantitative estimate of drug-likeness (QED) is 0.619. The van der Waals surface area contributed by atoms with Crippen LogP contribution in [-0.2, 0) is 4.79 Å². The van der Waals surface area contributed by atoms with E-state index in [1.807, 2.05) is 11.8 Å². The molecule has 0 radical (unpaired) electrons. The Morgan fingerprint density at radius 3 is 2.67 bits per heavy atom. The fourth-order valence-electron chi connectivity index (χ4n) is 1.61. The molecular weight excluding hydrogens is 208 g/mol. The lowest BCUT2D eigenvalue weighted by Crippen LogP contribution is -2.37. The Kier molecular flexibility index (Phi) is 5.47. The number of thioether (sulfide) groups is 1. The molecule has 0 saturated heterocycles. The summed E-state index contributed by atoms with van der Waals surface area (Å²) in [7, 11) is 0. The molecule has 1 fully saturated rings. The Morgan fingerprint density at radius 2 is 2.13 bits per heavy atom. The first-order valence-electron chi connectivity index (χ1n) is 5.72. The largest absolute Gasteiger partial charge is 0.356 e. The molecule has 0 aliphatic heterocycles. The van der Waals surface area contributed by atoms with E-state index in [-0.39, 0.29) is 11.3 Å². The van der Waals surface area contributed by atoms with Crippen LogP contribution in [0, 0.1) is 5.41 Å². The highest BCUT2D eigenvalue weighted by atomic mass is 32.2. The molecule has 0 aromatic rings. The van der Waals surface area contributed by atoms with Gasteiger partial charge < -0.3 is 11.1 Å². The van der Waals surface area contributed by atoms with Crippen molar-refractivity contribution in [3.63, 3.8) is 0 Å². The van der Waals surface area contributed by atoms with Crippen molar-refractivity contribution >= 4 is 17.7 Å². The van der Waals surface area contributed by atoms with E-state index in [0.29, 0.717) is 6.54 Å². The zero-order valence-electron chi connectivity index (χ0n) is 9.55. The molecule has 4 heteroatoms. The van der Waals surface area contributed by atoms with Crippen LogP contribution in [-0.4, -0.2) is 31.0 Å². The molecule has 1 aliphatic carbocycles. The summed E-state index contributed by atoms with van der Waals surface area (Å²) >= 11 is 1.88. The van der Waals surface area contributed by atoms with Crippen LogP contribution in [0.1, 0.15) is 32.1 Å². The second-order valence-electron chi connectivity index (χ2n) is 4.29. The molecule has 1 amide bonds. The van der Waals surface area contributed by atoms with Gasteiger partial charge in [-0.05, 0) is 37.7 Å². The summed E-state index contributed by atoms with van der Waals surface area (Å²) in [5.74, 6) is 1.40. The fourth-order valence-corrected chi connectivity index (χ4v) is 2.11. The van der Waals surface area contributed by atoms with Gasteiger partial charge in [-0.25, -0.2) is 0 Å². The first-order valence-corrected chi connectivity index (χ1v) is 7.12. The third-order valence-electron chi connectivity index (χ3n) is 3.04. The molecule has 0 spiro atoms. The van der Waals surface area contributed by atoms with Crippen LogP contribution in [0.5, 0.6) is 0 Å². The predicted molar refractivity (Wildman–Crippen MR) is 66.0 cm³/mol. The Morgan fingerprint density at radius 1 is 1.40 bits per heavy atom. The molecule has 0 aromatic carbocycles. The summed E-state index contributed by atoms with van der Waals surface area (Å²) < 4.78 is 0. The van der Waals surface area contributed by atoms with E-state index < -0.39 is 0 Å². The Hall–Kier alpha value is -0.220. The molecule has 1 rings (SSSR count). The van der Waals surface area contributed by atoms with E-state index in [4.69, 9.17) is 5.73 Å². The third-order valence-corrected chi connectivity index (χ3v) is 3.73. The normalized spacial score (nSPS) is 17.5. The van der Waals surface area contributed by atoms with E-state index in [9.17, 15) is 4.79 Å². The molecule has 1 saturated carbocycles. The highest BCUT2D eigenvalue weighted by Gasteiger charge is 2.48. The van der Waals surface area contributed by atoms with E-state index in [2.05, 4.69) is 11.6 Å². The number of carbonyl (C=O) groups is 1. The van der Waals surface area contributed by atoms with Gasteiger partial charge >= 0.3 is 0 Å². The van der Waals surface area contributed by atoms with Crippen LogP contribution in [0.15, 0.2) is 0 Å². The maximum Gasteiger partial charge on any atom is 0.227 e. The van der Waals surface area contributed by atoms with Gasteiger partial charge in [0.1, 0.15) is 0 Å². The Labute approximate surface area is 96.6 Å². The van der Waals surface area contributed by atoms with Crippen molar-refractivity contribution in [1.82, 2.24) is 5.32 Å². The first-order chi connectivity index (χ1) is 7.25. The number of hydrogen-bond acceptors (Lipinski definition) is 3. The summed E-state index contributed by atoms with van der Waals surface area (Å²) in [5, 5.41) is 2.99. The van der Waals surface area contributed by atoms with Crippen molar-refractivity contribution in [2.45, 2.75) is 32.1 Å². The molecule has 3 N–H and O–H groups in total. The monoisotopic (exact) mass is 230 g/mol. The lowest BCUT2D eigenvalue weighted by molar-refractivity contribution is -0.125. The highest BCUT2D eigenvalue weighted by molar-refractivity contribution is 7.98. The van der Waals surface area contributed by atoms with Gasteiger partial charge in [0.05, 0.1) is 5.41 Å². The van der Waals surface area contributed by atoms with Crippen molar-refractivity contribution < 1.29 is 4.79 Å². The van der Waals surface area contributed by atoms with Gasteiger partial charge in [-0.15, -0.1) is 0 Å². The van der Waals surface area contributed by atoms with Crippen molar-refractivity contribution in [3.8, 4) is 0 Å². The first kappa shape index (κ1) is 12.8. The lowest BCUT2D eigenvalue weighted by atomic mass is 10.1. The van der Waals surface area contributed by atoms with Crippen molar-refractivity contribution in [1.29, 1.82) is 0 Å². The average molecular weight is 230 g/mol. The second kappa shape index (κ2) is 6.38. The molecule has 0 bridgehead atoms. The van der Waals surface area contributed by atoms with Crippen LogP contribution in [0.2, 0.25) is 0 Å². The number of carbonyl (C=O) groups excluding carboxylic acids is 1. The van der Waals surface area contributed by atoms with Gasteiger partial charge in [0, 0.05) is 13.1 Å². The highest BCUT2D eigenvalue weighted by Crippen LogP contribution is 2.44. The molecular formula is C11H22N2OS. The Bertz CT molecular complexity index is 205. The number of amides is 1. The zero-order valence-corrected chi connectivity index (χ0v) is 10.4. The van der Waals surface area contributed by atoms with Gasteiger partial charge in [-0.1, -0.05) is 6.42 Å². The van der Waals surface area contributed by atoms with Gasteiger partial charge in [-0.2, -0.15) is 11.8 Å². The number of unbranched alkanes of at least 4 members (excludes halogenated alkanes) is 2. The molecule has 88 valence electrons. The molecule has 0 heterocycles. The minimum Gasteiger partial charge on any atom is -0.356 e. The van der Waals surface area contributed by atoms with Crippen LogP contribution < -0.4 is 11.1 Å². The summed E-state index contributed by atoms with van der Waals surface area (Å²) in [6.07, 6.45) is 7.62. The predicted octanol–water partition coefficient (Wildman–Crippen LogP) is 1.37. The van der Waals surface area contributed by atoms with Crippen molar-refractivity contribution in [2.24, 2.45) is 11.1 Å².